The number of halogens is 2. The average molecular weight is 529 g/mol. The lowest BCUT2D eigenvalue weighted by atomic mass is 10.1. The van der Waals surface area contributed by atoms with E-state index in [2.05, 4.69) is 15.9 Å². The van der Waals surface area contributed by atoms with Crippen molar-refractivity contribution in [2.45, 2.75) is 13.0 Å². The molecular formula is C25H19BrClNO3S. The predicted molar refractivity (Wildman–Crippen MR) is 133 cm³/mol. The maximum atomic E-state index is 12.9. The van der Waals surface area contributed by atoms with Crippen molar-refractivity contribution in [1.82, 2.24) is 4.90 Å². The van der Waals surface area contributed by atoms with Crippen molar-refractivity contribution in [2.24, 2.45) is 0 Å². The molecule has 0 saturated carbocycles. The van der Waals surface area contributed by atoms with Crippen LogP contribution in [0.15, 0.2) is 82.2 Å². The Morgan fingerprint density at radius 3 is 2.47 bits per heavy atom. The maximum absolute atomic E-state index is 12.9. The lowest BCUT2D eigenvalue weighted by molar-refractivity contribution is -0.122. The number of thioether (sulfide) groups is 1. The van der Waals surface area contributed by atoms with Crippen LogP contribution in [0.1, 0.15) is 16.7 Å². The van der Waals surface area contributed by atoms with Gasteiger partial charge in [-0.15, -0.1) is 0 Å². The van der Waals surface area contributed by atoms with Gasteiger partial charge in [0.15, 0.2) is 0 Å². The maximum Gasteiger partial charge on any atom is 0.293 e. The molecule has 1 fully saturated rings. The van der Waals surface area contributed by atoms with Crippen LogP contribution in [-0.2, 0) is 17.8 Å². The summed E-state index contributed by atoms with van der Waals surface area (Å²) in [5, 5.41) is 0.414. The molecule has 162 valence electrons. The van der Waals surface area contributed by atoms with Gasteiger partial charge in [-0.2, -0.15) is 0 Å². The number of nitrogens with zero attached hydrogens (tertiary/aromatic N) is 1. The molecule has 0 bridgehead atoms. The van der Waals surface area contributed by atoms with E-state index in [0.717, 1.165) is 32.9 Å². The van der Waals surface area contributed by atoms with Crippen molar-refractivity contribution in [3.63, 3.8) is 0 Å². The number of carbonyl (C=O) groups excluding carboxylic acids is 2. The van der Waals surface area contributed by atoms with Gasteiger partial charge in [0.1, 0.15) is 12.4 Å². The Balaban J connectivity index is 1.49. The summed E-state index contributed by atoms with van der Waals surface area (Å²) in [6, 6.07) is 22.8. The van der Waals surface area contributed by atoms with Crippen LogP contribution in [0.5, 0.6) is 5.75 Å². The van der Waals surface area contributed by atoms with Crippen molar-refractivity contribution >= 4 is 56.5 Å². The number of benzene rings is 3. The van der Waals surface area contributed by atoms with E-state index in [0.29, 0.717) is 35.2 Å². The van der Waals surface area contributed by atoms with Gasteiger partial charge in [-0.05, 0) is 65.7 Å². The molecule has 0 N–H and O–H groups in total. The minimum atomic E-state index is -0.278. The number of hydrogen-bond acceptors (Lipinski definition) is 4. The van der Waals surface area contributed by atoms with E-state index in [9.17, 15) is 9.59 Å². The van der Waals surface area contributed by atoms with Gasteiger partial charge in [-0.1, -0.05) is 70.0 Å². The molecule has 1 heterocycles. The summed E-state index contributed by atoms with van der Waals surface area (Å²) in [7, 11) is 0. The number of hydrogen-bond donors (Lipinski definition) is 0. The Hall–Kier alpha value is -2.54. The van der Waals surface area contributed by atoms with Gasteiger partial charge in [0.25, 0.3) is 11.1 Å². The zero-order valence-electron chi connectivity index (χ0n) is 17.0. The van der Waals surface area contributed by atoms with Gasteiger partial charge in [0.05, 0.1) is 4.91 Å². The van der Waals surface area contributed by atoms with Crippen LogP contribution < -0.4 is 4.74 Å². The SMILES string of the molecule is O=C1S/C(=C\c2cc(Br)ccc2OCc2ccc(Cl)cc2)C(=O)N1CCc1ccccc1. The number of amides is 2. The quantitative estimate of drug-likeness (QED) is 0.311. The van der Waals surface area contributed by atoms with E-state index >= 15 is 0 Å². The van der Waals surface area contributed by atoms with Gasteiger partial charge in [0, 0.05) is 21.6 Å². The third-order valence-electron chi connectivity index (χ3n) is 4.91. The van der Waals surface area contributed by atoms with Crippen molar-refractivity contribution < 1.29 is 14.3 Å². The van der Waals surface area contributed by atoms with Crippen LogP contribution in [0.25, 0.3) is 6.08 Å². The second-order valence-electron chi connectivity index (χ2n) is 7.17. The van der Waals surface area contributed by atoms with E-state index in [1.807, 2.05) is 72.8 Å². The van der Waals surface area contributed by atoms with Crippen LogP contribution in [0.3, 0.4) is 0 Å². The average Bonchev–Trinajstić information content (AvgIpc) is 3.06. The van der Waals surface area contributed by atoms with Gasteiger partial charge in [0.2, 0.25) is 0 Å². The standard InChI is InChI=1S/C25H19BrClNO3S/c26-20-8-11-22(31-16-18-6-9-21(27)10-7-18)19(14-20)15-23-24(29)28(25(30)32-23)13-12-17-4-2-1-3-5-17/h1-11,14-15H,12-13,16H2/b23-15-. The summed E-state index contributed by atoms with van der Waals surface area (Å²) in [5.41, 5.74) is 2.78. The number of imide groups is 1. The molecule has 0 spiro atoms. The summed E-state index contributed by atoms with van der Waals surface area (Å²) in [4.78, 5) is 27.1. The second kappa shape index (κ2) is 10.4. The fourth-order valence-corrected chi connectivity index (χ4v) is 4.59. The molecule has 1 aliphatic heterocycles. The molecule has 0 atom stereocenters. The molecule has 0 aliphatic carbocycles. The lowest BCUT2D eigenvalue weighted by Gasteiger charge is -2.12. The minimum Gasteiger partial charge on any atom is -0.488 e. The molecule has 0 radical (unpaired) electrons. The van der Waals surface area contributed by atoms with Gasteiger partial charge in [-0.25, -0.2) is 0 Å². The Labute approximate surface area is 204 Å². The highest BCUT2D eigenvalue weighted by atomic mass is 79.9. The highest BCUT2D eigenvalue weighted by Gasteiger charge is 2.34. The summed E-state index contributed by atoms with van der Waals surface area (Å²) >= 11 is 10.4. The van der Waals surface area contributed by atoms with Crippen molar-refractivity contribution in [1.29, 1.82) is 0 Å². The monoisotopic (exact) mass is 527 g/mol. The molecule has 32 heavy (non-hydrogen) atoms. The number of carbonyl (C=O) groups is 2. The van der Waals surface area contributed by atoms with E-state index in [4.69, 9.17) is 16.3 Å². The normalized spacial score (nSPS) is 14.9. The lowest BCUT2D eigenvalue weighted by Crippen LogP contribution is -2.30. The van der Waals surface area contributed by atoms with E-state index in [1.165, 1.54) is 4.90 Å². The molecule has 0 unspecified atom stereocenters. The van der Waals surface area contributed by atoms with Crippen molar-refractivity contribution in [3.8, 4) is 5.75 Å². The summed E-state index contributed by atoms with van der Waals surface area (Å²) in [6.07, 6.45) is 2.34. The third-order valence-corrected chi connectivity index (χ3v) is 6.56. The molecule has 3 aromatic rings. The van der Waals surface area contributed by atoms with Crippen LogP contribution >= 0.6 is 39.3 Å². The second-order valence-corrected chi connectivity index (χ2v) is 9.51. The molecule has 4 rings (SSSR count). The fraction of sp³-hybridized carbons (Fsp3) is 0.120. The molecule has 1 aliphatic rings. The Morgan fingerprint density at radius 1 is 0.969 bits per heavy atom. The Bertz CT molecular complexity index is 1170. The van der Waals surface area contributed by atoms with Gasteiger partial charge >= 0.3 is 0 Å². The molecule has 7 heteroatoms. The first kappa shape index (κ1) is 22.6. The predicted octanol–water partition coefficient (Wildman–Crippen LogP) is 6.96. The Morgan fingerprint density at radius 2 is 1.72 bits per heavy atom. The molecule has 4 nitrogen and oxygen atoms in total. The molecule has 3 aromatic carbocycles. The first-order valence-corrected chi connectivity index (χ1v) is 11.9. The summed E-state index contributed by atoms with van der Waals surface area (Å²) < 4.78 is 6.85. The van der Waals surface area contributed by atoms with Crippen LogP contribution in [-0.4, -0.2) is 22.6 Å². The molecule has 2 amide bonds. The smallest absolute Gasteiger partial charge is 0.293 e. The van der Waals surface area contributed by atoms with E-state index < -0.39 is 0 Å². The largest absolute Gasteiger partial charge is 0.488 e. The highest BCUT2D eigenvalue weighted by molar-refractivity contribution is 9.10. The van der Waals surface area contributed by atoms with Crippen LogP contribution in [0.4, 0.5) is 4.79 Å². The molecule has 1 saturated heterocycles. The van der Waals surface area contributed by atoms with Crippen LogP contribution in [0.2, 0.25) is 5.02 Å². The summed E-state index contributed by atoms with van der Waals surface area (Å²) in [6.45, 7) is 0.711. The van der Waals surface area contributed by atoms with Gasteiger partial charge < -0.3 is 4.74 Å². The molecule has 0 aromatic heterocycles. The zero-order chi connectivity index (χ0) is 22.5. The van der Waals surface area contributed by atoms with E-state index in [-0.39, 0.29) is 11.1 Å². The zero-order valence-corrected chi connectivity index (χ0v) is 20.1. The summed E-state index contributed by atoms with van der Waals surface area (Å²) in [5.74, 6) is 0.346. The number of rotatable bonds is 7. The minimum absolute atomic E-state index is 0.254. The molecular weight excluding hydrogens is 510 g/mol. The number of ether oxygens (including phenoxy) is 1. The Kier molecular flexibility index (Phi) is 7.35. The fourth-order valence-electron chi connectivity index (χ4n) is 3.22. The van der Waals surface area contributed by atoms with E-state index in [1.54, 1.807) is 6.08 Å². The topological polar surface area (TPSA) is 46.6 Å². The first-order valence-electron chi connectivity index (χ1n) is 9.96. The van der Waals surface area contributed by atoms with Crippen molar-refractivity contribution in [3.05, 3.63) is 104 Å². The third kappa shape index (κ3) is 5.63. The van der Waals surface area contributed by atoms with Crippen LogP contribution in [0, 0.1) is 0 Å². The highest BCUT2D eigenvalue weighted by Crippen LogP contribution is 2.35. The van der Waals surface area contributed by atoms with Gasteiger partial charge in [-0.3, -0.25) is 14.5 Å². The first-order chi connectivity index (χ1) is 15.5. The van der Waals surface area contributed by atoms with Crippen molar-refractivity contribution in [2.75, 3.05) is 6.54 Å².